The van der Waals surface area contributed by atoms with Crippen molar-refractivity contribution in [3.05, 3.63) is 59.8 Å². The van der Waals surface area contributed by atoms with Gasteiger partial charge in [0.1, 0.15) is 5.82 Å². The number of benzene rings is 2. The number of aromatic amines is 1. The molecule has 0 saturated carbocycles. The van der Waals surface area contributed by atoms with Crippen LogP contribution in [-0.2, 0) is 9.47 Å². The molecule has 2 heterocycles. The Morgan fingerprint density at radius 3 is 2.38 bits per heavy atom. The molecule has 3 N–H and O–H groups in total. The van der Waals surface area contributed by atoms with Gasteiger partial charge in [0.25, 0.3) is 0 Å². The molecule has 2 amide bonds. The lowest BCUT2D eigenvalue weighted by atomic mass is 10.1. The monoisotopic (exact) mass is 479 g/mol. The van der Waals surface area contributed by atoms with Gasteiger partial charge in [-0.1, -0.05) is 23.7 Å². The molecule has 0 aliphatic heterocycles. The number of pyridine rings is 1. The number of carbonyl (C=O) groups excluding carboxylic acids is 2. The van der Waals surface area contributed by atoms with Crippen molar-refractivity contribution in [1.29, 1.82) is 0 Å². The number of rotatable bonds is 5. The van der Waals surface area contributed by atoms with Crippen LogP contribution < -0.4 is 10.6 Å². The average molecular weight is 480 g/mol. The fourth-order valence-electron chi connectivity index (χ4n) is 3.25. The average Bonchev–Trinajstić information content (AvgIpc) is 3.23. The Bertz CT molecular complexity index is 1350. The number of hydrogen-bond donors (Lipinski definition) is 3. The van der Waals surface area contributed by atoms with E-state index >= 15 is 0 Å². The zero-order valence-corrected chi connectivity index (χ0v) is 19.4. The summed E-state index contributed by atoms with van der Waals surface area (Å²) in [6, 6.07) is 14.3. The number of carbonyl (C=O) groups is 2. The van der Waals surface area contributed by atoms with Gasteiger partial charge in [-0.05, 0) is 55.8 Å². The molecule has 10 heteroatoms. The number of imidazole rings is 1. The molecule has 0 bridgehead atoms. The third-order valence-corrected chi connectivity index (χ3v) is 5.13. The quantitative estimate of drug-likeness (QED) is 0.319. The van der Waals surface area contributed by atoms with Crippen LogP contribution >= 0.6 is 11.6 Å². The van der Waals surface area contributed by atoms with Crippen molar-refractivity contribution in [3.8, 4) is 22.5 Å². The largest absolute Gasteiger partial charge is 0.453 e. The fourth-order valence-corrected chi connectivity index (χ4v) is 3.45. The molecule has 2 aromatic heterocycles. The van der Waals surface area contributed by atoms with Crippen molar-refractivity contribution in [2.24, 2.45) is 0 Å². The van der Waals surface area contributed by atoms with E-state index in [1.165, 1.54) is 7.11 Å². The van der Waals surface area contributed by atoms with Crippen LogP contribution in [0.3, 0.4) is 0 Å². The van der Waals surface area contributed by atoms with E-state index in [0.29, 0.717) is 33.4 Å². The molecule has 0 atom stereocenters. The highest BCUT2D eigenvalue weighted by atomic mass is 35.5. The molecule has 4 aromatic rings. The molecule has 0 spiro atoms. The van der Waals surface area contributed by atoms with Gasteiger partial charge in [-0.3, -0.25) is 10.6 Å². The Morgan fingerprint density at radius 2 is 1.68 bits per heavy atom. The van der Waals surface area contributed by atoms with Crippen molar-refractivity contribution >= 4 is 46.3 Å². The van der Waals surface area contributed by atoms with E-state index in [1.54, 1.807) is 50.4 Å². The minimum Gasteiger partial charge on any atom is -0.453 e. The van der Waals surface area contributed by atoms with E-state index in [1.807, 2.05) is 18.2 Å². The third-order valence-electron chi connectivity index (χ3n) is 4.80. The van der Waals surface area contributed by atoms with Gasteiger partial charge < -0.3 is 14.5 Å². The van der Waals surface area contributed by atoms with Crippen LogP contribution in [0.4, 0.5) is 21.0 Å². The van der Waals surface area contributed by atoms with Crippen LogP contribution in [-0.4, -0.2) is 40.4 Å². The first-order valence-electron chi connectivity index (χ1n) is 10.4. The standard InChI is InChI=1S/C24H22ClN5O4/c1-13(2)34-24(32)28-17-8-9-19(25)18(11-17)21-29-20-10-15(12-26-22(20)30-21)14-4-6-16(7-5-14)27-23(31)33-3/h4-13H,1-3H3,(H,27,31)(H,28,32)(H,26,29,30). The van der Waals surface area contributed by atoms with Crippen LogP contribution in [0.15, 0.2) is 54.7 Å². The van der Waals surface area contributed by atoms with Crippen LogP contribution in [0, 0.1) is 0 Å². The predicted molar refractivity (Wildman–Crippen MR) is 131 cm³/mol. The SMILES string of the molecule is COC(=O)Nc1ccc(-c2cnc3nc(-c4cc(NC(=O)OC(C)C)ccc4Cl)[nH]c3c2)cc1. The molecule has 0 aliphatic rings. The van der Waals surface area contributed by atoms with E-state index in [2.05, 4.69) is 30.3 Å². The lowest BCUT2D eigenvalue weighted by Gasteiger charge is -2.10. The van der Waals surface area contributed by atoms with E-state index in [4.69, 9.17) is 16.3 Å². The molecule has 34 heavy (non-hydrogen) atoms. The zero-order valence-electron chi connectivity index (χ0n) is 18.7. The maximum Gasteiger partial charge on any atom is 0.411 e. The summed E-state index contributed by atoms with van der Waals surface area (Å²) in [5, 5.41) is 5.76. The first-order chi connectivity index (χ1) is 16.3. The number of aromatic nitrogens is 3. The summed E-state index contributed by atoms with van der Waals surface area (Å²) in [7, 11) is 1.31. The molecule has 0 saturated heterocycles. The van der Waals surface area contributed by atoms with Crippen LogP contribution in [0.2, 0.25) is 5.02 Å². The Hall–Kier alpha value is -4.11. The van der Waals surface area contributed by atoms with Crippen molar-refractivity contribution in [1.82, 2.24) is 15.0 Å². The summed E-state index contributed by atoms with van der Waals surface area (Å²) in [5.74, 6) is 0.517. The maximum absolute atomic E-state index is 11.9. The van der Waals surface area contributed by atoms with E-state index < -0.39 is 12.2 Å². The summed E-state index contributed by atoms with van der Waals surface area (Å²) in [5.41, 5.74) is 4.78. The van der Waals surface area contributed by atoms with E-state index in [9.17, 15) is 9.59 Å². The highest BCUT2D eigenvalue weighted by molar-refractivity contribution is 6.33. The summed E-state index contributed by atoms with van der Waals surface area (Å²) in [4.78, 5) is 35.5. The number of methoxy groups -OCH3 is 1. The fraction of sp³-hybridized carbons (Fsp3) is 0.167. The molecule has 0 radical (unpaired) electrons. The van der Waals surface area contributed by atoms with Gasteiger partial charge in [-0.15, -0.1) is 0 Å². The summed E-state index contributed by atoms with van der Waals surface area (Å²) in [6.07, 6.45) is 0.405. The lowest BCUT2D eigenvalue weighted by molar-refractivity contribution is 0.130. The first kappa shape index (κ1) is 23.1. The Labute approximate surface area is 200 Å². The highest BCUT2D eigenvalue weighted by Crippen LogP contribution is 2.31. The maximum atomic E-state index is 11.9. The van der Waals surface area contributed by atoms with Crippen molar-refractivity contribution in [2.45, 2.75) is 20.0 Å². The third kappa shape index (κ3) is 5.26. The molecule has 4 rings (SSSR count). The molecule has 0 fully saturated rings. The molecule has 174 valence electrons. The Morgan fingerprint density at radius 1 is 0.971 bits per heavy atom. The van der Waals surface area contributed by atoms with Crippen molar-refractivity contribution < 1.29 is 19.1 Å². The van der Waals surface area contributed by atoms with E-state index in [0.717, 1.165) is 16.6 Å². The summed E-state index contributed by atoms with van der Waals surface area (Å²) in [6.45, 7) is 3.55. The zero-order chi connectivity index (χ0) is 24.2. The van der Waals surface area contributed by atoms with Gasteiger partial charge in [0.2, 0.25) is 0 Å². The van der Waals surface area contributed by atoms with Crippen molar-refractivity contribution in [3.63, 3.8) is 0 Å². The molecule has 9 nitrogen and oxygen atoms in total. The number of nitrogens with zero attached hydrogens (tertiary/aromatic N) is 2. The molecule has 2 aromatic carbocycles. The second-order valence-corrected chi connectivity index (χ2v) is 8.06. The topological polar surface area (TPSA) is 118 Å². The molecular weight excluding hydrogens is 458 g/mol. The number of hydrogen-bond acceptors (Lipinski definition) is 6. The number of ether oxygens (including phenoxy) is 2. The number of anilines is 2. The smallest absolute Gasteiger partial charge is 0.411 e. The Kier molecular flexibility index (Phi) is 6.65. The molecule has 0 aliphatic carbocycles. The first-order valence-corrected chi connectivity index (χ1v) is 10.8. The normalized spacial score (nSPS) is 10.9. The van der Waals surface area contributed by atoms with Crippen molar-refractivity contribution in [2.75, 3.05) is 17.7 Å². The Balaban J connectivity index is 1.59. The van der Waals surface area contributed by atoms with Gasteiger partial charge in [0.05, 0.1) is 23.8 Å². The van der Waals surface area contributed by atoms with Crippen LogP contribution in [0.1, 0.15) is 13.8 Å². The number of nitrogens with one attached hydrogen (secondary N) is 3. The van der Waals surface area contributed by atoms with Gasteiger partial charge in [-0.25, -0.2) is 19.6 Å². The summed E-state index contributed by atoms with van der Waals surface area (Å²) < 4.78 is 9.72. The lowest BCUT2D eigenvalue weighted by Crippen LogP contribution is -2.17. The second kappa shape index (κ2) is 9.80. The number of fused-ring (bicyclic) bond motifs is 1. The highest BCUT2D eigenvalue weighted by Gasteiger charge is 2.14. The molecular formula is C24H22ClN5O4. The van der Waals surface area contributed by atoms with Crippen LogP contribution in [0.25, 0.3) is 33.7 Å². The van der Waals surface area contributed by atoms with Gasteiger partial charge in [0, 0.05) is 28.7 Å². The minimum absolute atomic E-state index is 0.234. The van der Waals surface area contributed by atoms with E-state index in [-0.39, 0.29) is 6.10 Å². The van der Waals surface area contributed by atoms with Gasteiger partial charge >= 0.3 is 12.2 Å². The minimum atomic E-state index is -0.549. The molecule has 0 unspecified atom stereocenters. The second-order valence-electron chi connectivity index (χ2n) is 7.65. The summed E-state index contributed by atoms with van der Waals surface area (Å²) >= 11 is 6.40. The predicted octanol–water partition coefficient (Wildman–Crippen LogP) is 6.08. The van der Waals surface area contributed by atoms with Gasteiger partial charge in [-0.2, -0.15) is 0 Å². The number of H-pyrrole nitrogens is 1. The van der Waals surface area contributed by atoms with Gasteiger partial charge in [0.15, 0.2) is 5.65 Å². The number of amides is 2. The van der Waals surface area contributed by atoms with Crippen LogP contribution in [0.5, 0.6) is 0 Å². The number of halogens is 1.